The molecule has 2 rings (SSSR count). The quantitative estimate of drug-likeness (QED) is 0.851. The Hall–Kier alpha value is -1.88. The lowest BCUT2D eigenvalue weighted by Gasteiger charge is -2.06. The molecule has 0 fully saturated rings. The number of hydrogen-bond acceptors (Lipinski definition) is 5. The van der Waals surface area contributed by atoms with Crippen molar-refractivity contribution < 1.29 is 9.47 Å². The number of halogens is 1. The Morgan fingerprint density at radius 3 is 2.67 bits per heavy atom. The summed E-state index contributed by atoms with van der Waals surface area (Å²) in [5, 5.41) is 0.0310. The Labute approximate surface area is 110 Å². The highest BCUT2D eigenvalue weighted by Gasteiger charge is 2.07. The SMILES string of the molecule is CCc1cccc(Oc2nc(Cl)nc(OC)n2)c1. The van der Waals surface area contributed by atoms with Crippen molar-refractivity contribution in [2.24, 2.45) is 0 Å². The topological polar surface area (TPSA) is 57.1 Å². The van der Waals surface area contributed by atoms with E-state index in [4.69, 9.17) is 21.1 Å². The number of ether oxygens (including phenoxy) is 2. The van der Waals surface area contributed by atoms with Crippen LogP contribution in [0.15, 0.2) is 24.3 Å². The summed E-state index contributed by atoms with van der Waals surface area (Å²) < 4.78 is 10.4. The molecule has 1 aromatic carbocycles. The number of benzene rings is 1. The summed E-state index contributed by atoms with van der Waals surface area (Å²) in [7, 11) is 1.45. The standard InChI is InChI=1S/C12H12ClN3O2/c1-3-8-5-4-6-9(7-8)18-12-15-10(13)14-11(16-12)17-2/h4-7H,3H2,1-2H3. The Kier molecular flexibility index (Phi) is 3.94. The molecule has 18 heavy (non-hydrogen) atoms. The summed E-state index contributed by atoms with van der Waals surface area (Å²) >= 11 is 5.73. The van der Waals surface area contributed by atoms with E-state index < -0.39 is 0 Å². The number of hydrogen-bond donors (Lipinski definition) is 0. The maximum Gasteiger partial charge on any atom is 0.329 e. The van der Waals surface area contributed by atoms with E-state index in [9.17, 15) is 0 Å². The minimum atomic E-state index is 0.0310. The van der Waals surface area contributed by atoms with Crippen molar-refractivity contribution in [1.29, 1.82) is 0 Å². The minimum Gasteiger partial charge on any atom is -0.467 e. The molecule has 0 radical (unpaired) electrons. The van der Waals surface area contributed by atoms with Gasteiger partial charge in [-0.1, -0.05) is 19.1 Å². The van der Waals surface area contributed by atoms with Gasteiger partial charge in [0.25, 0.3) is 0 Å². The summed E-state index contributed by atoms with van der Waals surface area (Å²) in [5.74, 6) is 0.652. The average Bonchev–Trinajstić information content (AvgIpc) is 2.38. The van der Waals surface area contributed by atoms with E-state index in [2.05, 4.69) is 21.9 Å². The lowest BCUT2D eigenvalue weighted by Crippen LogP contribution is -1.98. The molecule has 1 aromatic heterocycles. The maximum atomic E-state index is 5.73. The third-order valence-corrected chi connectivity index (χ3v) is 2.43. The van der Waals surface area contributed by atoms with Crippen molar-refractivity contribution in [1.82, 2.24) is 15.0 Å². The number of rotatable bonds is 4. The molecule has 0 N–H and O–H groups in total. The molecule has 0 aliphatic carbocycles. The summed E-state index contributed by atoms with van der Waals surface area (Å²) in [6, 6.07) is 7.91. The van der Waals surface area contributed by atoms with E-state index in [1.165, 1.54) is 12.7 Å². The molecule has 0 spiro atoms. The van der Waals surface area contributed by atoms with E-state index in [0.29, 0.717) is 5.75 Å². The Morgan fingerprint density at radius 2 is 1.94 bits per heavy atom. The highest BCUT2D eigenvalue weighted by molar-refractivity contribution is 6.28. The molecule has 0 bridgehead atoms. The number of aryl methyl sites for hydroxylation is 1. The Morgan fingerprint density at radius 1 is 1.17 bits per heavy atom. The van der Waals surface area contributed by atoms with Gasteiger partial charge in [-0.05, 0) is 35.7 Å². The summed E-state index contributed by atoms with van der Waals surface area (Å²) in [4.78, 5) is 11.6. The molecule has 0 saturated carbocycles. The van der Waals surface area contributed by atoms with Crippen LogP contribution in [0.2, 0.25) is 5.28 Å². The second-order valence-electron chi connectivity index (χ2n) is 3.48. The fourth-order valence-corrected chi connectivity index (χ4v) is 1.53. The molecule has 0 aliphatic rings. The zero-order chi connectivity index (χ0) is 13.0. The van der Waals surface area contributed by atoms with Gasteiger partial charge in [-0.15, -0.1) is 4.98 Å². The molecule has 6 heteroatoms. The van der Waals surface area contributed by atoms with Crippen LogP contribution in [-0.2, 0) is 6.42 Å². The van der Waals surface area contributed by atoms with E-state index >= 15 is 0 Å². The highest BCUT2D eigenvalue weighted by Crippen LogP contribution is 2.21. The predicted octanol–water partition coefficient (Wildman–Crippen LogP) is 2.89. The molecule has 0 atom stereocenters. The van der Waals surface area contributed by atoms with E-state index in [1.54, 1.807) is 0 Å². The fourth-order valence-electron chi connectivity index (χ4n) is 1.39. The largest absolute Gasteiger partial charge is 0.467 e. The first-order valence-corrected chi connectivity index (χ1v) is 5.81. The van der Waals surface area contributed by atoms with Gasteiger partial charge < -0.3 is 9.47 Å². The third kappa shape index (κ3) is 3.07. The molecule has 0 unspecified atom stereocenters. The zero-order valence-electron chi connectivity index (χ0n) is 10.1. The van der Waals surface area contributed by atoms with Crippen LogP contribution in [0.4, 0.5) is 0 Å². The van der Waals surface area contributed by atoms with Crippen molar-refractivity contribution in [2.75, 3.05) is 7.11 Å². The van der Waals surface area contributed by atoms with Gasteiger partial charge in [-0.3, -0.25) is 0 Å². The molecule has 1 heterocycles. The molecule has 0 amide bonds. The van der Waals surface area contributed by atoms with Crippen LogP contribution in [0.25, 0.3) is 0 Å². The van der Waals surface area contributed by atoms with E-state index in [0.717, 1.165) is 6.42 Å². The van der Waals surface area contributed by atoms with Gasteiger partial charge in [0.15, 0.2) is 0 Å². The van der Waals surface area contributed by atoms with Gasteiger partial charge in [0.1, 0.15) is 5.75 Å². The summed E-state index contributed by atoms with van der Waals surface area (Å²) in [5.41, 5.74) is 1.17. The molecular weight excluding hydrogens is 254 g/mol. The summed E-state index contributed by atoms with van der Waals surface area (Å²) in [6.45, 7) is 2.07. The third-order valence-electron chi connectivity index (χ3n) is 2.27. The summed E-state index contributed by atoms with van der Waals surface area (Å²) in [6.07, 6.45) is 0.929. The molecule has 94 valence electrons. The number of nitrogens with zero attached hydrogens (tertiary/aromatic N) is 3. The fraction of sp³-hybridized carbons (Fsp3) is 0.250. The van der Waals surface area contributed by atoms with Crippen LogP contribution >= 0.6 is 11.6 Å². The van der Waals surface area contributed by atoms with Crippen LogP contribution < -0.4 is 9.47 Å². The van der Waals surface area contributed by atoms with Crippen molar-refractivity contribution >= 4 is 11.6 Å². The van der Waals surface area contributed by atoms with Crippen molar-refractivity contribution in [2.45, 2.75) is 13.3 Å². The van der Waals surface area contributed by atoms with Crippen molar-refractivity contribution in [3.05, 3.63) is 35.1 Å². The molecular formula is C12H12ClN3O2. The van der Waals surface area contributed by atoms with Gasteiger partial charge in [0.2, 0.25) is 5.28 Å². The molecule has 0 aliphatic heterocycles. The van der Waals surface area contributed by atoms with Crippen molar-refractivity contribution in [3.8, 4) is 17.8 Å². The van der Waals surface area contributed by atoms with Gasteiger partial charge in [-0.25, -0.2) is 0 Å². The normalized spacial score (nSPS) is 10.2. The monoisotopic (exact) mass is 265 g/mol. The van der Waals surface area contributed by atoms with Crippen LogP contribution in [0.3, 0.4) is 0 Å². The molecule has 5 nitrogen and oxygen atoms in total. The van der Waals surface area contributed by atoms with Gasteiger partial charge in [-0.2, -0.15) is 9.97 Å². The van der Waals surface area contributed by atoms with Crippen LogP contribution in [-0.4, -0.2) is 22.1 Å². The second-order valence-corrected chi connectivity index (χ2v) is 3.81. The average molecular weight is 266 g/mol. The first kappa shape index (κ1) is 12.6. The minimum absolute atomic E-state index is 0.0310. The van der Waals surface area contributed by atoms with Gasteiger partial charge in [0, 0.05) is 0 Å². The van der Waals surface area contributed by atoms with E-state index in [1.807, 2.05) is 24.3 Å². The van der Waals surface area contributed by atoms with Crippen LogP contribution in [0, 0.1) is 0 Å². The Bertz CT molecular complexity index is 549. The molecule has 2 aromatic rings. The lowest BCUT2D eigenvalue weighted by molar-refractivity contribution is 0.359. The maximum absolute atomic E-state index is 5.73. The predicted molar refractivity (Wildman–Crippen MR) is 67.3 cm³/mol. The number of methoxy groups -OCH3 is 1. The zero-order valence-corrected chi connectivity index (χ0v) is 10.8. The van der Waals surface area contributed by atoms with Crippen LogP contribution in [0.1, 0.15) is 12.5 Å². The van der Waals surface area contributed by atoms with Crippen molar-refractivity contribution in [3.63, 3.8) is 0 Å². The first-order valence-electron chi connectivity index (χ1n) is 5.43. The van der Waals surface area contributed by atoms with Gasteiger partial charge in [0.05, 0.1) is 7.11 Å². The van der Waals surface area contributed by atoms with Gasteiger partial charge >= 0.3 is 12.0 Å². The molecule has 0 saturated heterocycles. The lowest BCUT2D eigenvalue weighted by atomic mass is 10.2. The van der Waals surface area contributed by atoms with Crippen LogP contribution in [0.5, 0.6) is 17.8 Å². The number of aromatic nitrogens is 3. The smallest absolute Gasteiger partial charge is 0.329 e. The second kappa shape index (κ2) is 5.64. The Balaban J connectivity index is 2.24. The van der Waals surface area contributed by atoms with E-state index in [-0.39, 0.29) is 17.3 Å². The first-order chi connectivity index (χ1) is 8.71. The highest BCUT2D eigenvalue weighted by atomic mass is 35.5.